The van der Waals surface area contributed by atoms with Crippen molar-refractivity contribution in [3.8, 4) is 0 Å². The number of carbonyl (C=O) groups excluding carboxylic acids is 1. The van der Waals surface area contributed by atoms with Crippen LogP contribution in [0.2, 0.25) is 0 Å². The zero-order valence-electron chi connectivity index (χ0n) is 10.9. The summed E-state index contributed by atoms with van der Waals surface area (Å²) in [5.41, 5.74) is 13.3. The third kappa shape index (κ3) is 2.75. The fraction of sp³-hybridized carbons (Fsp3) is 0.500. The van der Waals surface area contributed by atoms with Crippen LogP contribution in [0.4, 0.5) is 11.4 Å². The molecule has 0 heterocycles. The molecular formula is C14H21N3O. The molecule has 18 heavy (non-hydrogen) atoms. The van der Waals surface area contributed by atoms with Crippen LogP contribution in [0.25, 0.3) is 0 Å². The normalized spacial score (nSPS) is 15.8. The Morgan fingerprint density at radius 3 is 2.61 bits per heavy atom. The average Bonchev–Trinajstić information content (AvgIpc) is 2.81. The van der Waals surface area contributed by atoms with Gasteiger partial charge in [0.05, 0.1) is 11.4 Å². The fourth-order valence-corrected chi connectivity index (χ4v) is 2.73. The molecule has 0 aromatic heterocycles. The smallest absolute Gasteiger partial charge is 0.248 e. The highest BCUT2D eigenvalue weighted by molar-refractivity contribution is 5.94. The molecule has 0 aliphatic heterocycles. The van der Waals surface area contributed by atoms with Crippen LogP contribution < -0.4 is 16.4 Å². The van der Waals surface area contributed by atoms with Gasteiger partial charge >= 0.3 is 0 Å². The van der Waals surface area contributed by atoms with Crippen molar-refractivity contribution >= 4 is 17.3 Å². The van der Waals surface area contributed by atoms with Crippen molar-refractivity contribution < 1.29 is 4.79 Å². The van der Waals surface area contributed by atoms with Gasteiger partial charge in [-0.2, -0.15) is 0 Å². The summed E-state index contributed by atoms with van der Waals surface area (Å²) in [5, 5.41) is 0. The molecule has 1 fully saturated rings. The van der Waals surface area contributed by atoms with Gasteiger partial charge in [0.2, 0.25) is 5.91 Å². The first-order valence-electron chi connectivity index (χ1n) is 6.48. The van der Waals surface area contributed by atoms with E-state index in [1.165, 1.54) is 25.7 Å². The summed E-state index contributed by atoms with van der Waals surface area (Å²) >= 11 is 0. The SMILES string of the molecule is CN(CC1CCCC1)c1ccc(C(N)=O)cc1N. The largest absolute Gasteiger partial charge is 0.397 e. The maximum absolute atomic E-state index is 11.1. The molecule has 4 heteroatoms. The van der Waals surface area contributed by atoms with Gasteiger partial charge in [-0.15, -0.1) is 0 Å². The zero-order valence-corrected chi connectivity index (χ0v) is 10.9. The first kappa shape index (κ1) is 12.7. The standard InChI is InChI=1S/C14H21N3O/c1-17(9-10-4-2-3-5-10)13-7-6-11(14(16)18)8-12(13)15/h6-8,10H,2-5,9,15H2,1H3,(H2,16,18). The second-order valence-electron chi connectivity index (χ2n) is 5.17. The minimum atomic E-state index is -0.438. The molecule has 0 saturated heterocycles. The van der Waals surface area contributed by atoms with Gasteiger partial charge in [0.1, 0.15) is 0 Å². The monoisotopic (exact) mass is 247 g/mol. The predicted molar refractivity (Wildman–Crippen MR) is 74.6 cm³/mol. The number of benzene rings is 1. The van der Waals surface area contributed by atoms with Gasteiger partial charge in [0, 0.05) is 19.2 Å². The molecule has 0 unspecified atom stereocenters. The van der Waals surface area contributed by atoms with Crippen LogP contribution in [0.3, 0.4) is 0 Å². The highest BCUT2D eigenvalue weighted by Crippen LogP contribution is 2.29. The molecule has 1 aliphatic rings. The molecule has 1 aromatic rings. The molecule has 0 radical (unpaired) electrons. The van der Waals surface area contributed by atoms with Crippen molar-refractivity contribution in [3.63, 3.8) is 0 Å². The number of amides is 1. The highest BCUT2D eigenvalue weighted by Gasteiger charge is 2.18. The first-order valence-corrected chi connectivity index (χ1v) is 6.48. The molecule has 2 rings (SSSR count). The number of rotatable bonds is 4. The van der Waals surface area contributed by atoms with E-state index in [2.05, 4.69) is 4.90 Å². The van der Waals surface area contributed by atoms with Crippen molar-refractivity contribution in [2.24, 2.45) is 11.7 Å². The topological polar surface area (TPSA) is 72.3 Å². The molecule has 4 nitrogen and oxygen atoms in total. The van der Waals surface area contributed by atoms with Crippen LogP contribution in [0.15, 0.2) is 18.2 Å². The van der Waals surface area contributed by atoms with Gasteiger partial charge < -0.3 is 16.4 Å². The van der Waals surface area contributed by atoms with Crippen LogP contribution >= 0.6 is 0 Å². The first-order chi connectivity index (χ1) is 8.58. The molecular weight excluding hydrogens is 226 g/mol. The summed E-state index contributed by atoms with van der Waals surface area (Å²) in [6, 6.07) is 5.27. The van der Waals surface area contributed by atoms with Crippen LogP contribution in [0, 0.1) is 5.92 Å². The number of primary amides is 1. The van der Waals surface area contributed by atoms with E-state index in [4.69, 9.17) is 11.5 Å². The molecule has 1 aliphatic carbocycles. The maximum Gasteiger partial charge on any atom is 0.248 e. The summed E-state index contributed by atoms with van der Waals surface area (Å²) in [4.78, 5) is 13.2. The van der Waals surface area contributed by atoms with E-state index < -0.39 is 5.91 Å². The fourth-order valence-electron chi connectivity index (χ4n) is 2.73. The number of anilines is 2. The van der Waals surface area contributed by atoms with Crippen LogP contribution in [-0.2, 0) is 0 Å². The minimum Gasteiger partial charge on any atom is -0.397 e. The highest BCUT2D eigenvalue weighted by atomic mass is 16.1. The van der Waals surface area contributed by atoms with Crippen molar-refractivity contribution in [2.45, 2.75) is 25.7 Å². The summed E-state index contributed by atoms with van der Waals surface area (Å²) in [6.45, 7) is 1.03. The van der Waals surface area contributed by atoms with Crippen LogP contribution in [-0.4, -0.2) is 19.5 Å². The number of hydrogen-bond acceptors (Lipinski definition) is 3. The Hall–Kier alpha value is -1.71. The third-order valence-corrected chi connectivity index (χ3v) is 3.73. The summed E-state index contributed by atoms with van der Waals surface area (Å²) in [5.74, 6) is 0.330. The van der Waals surface area contributed by atoms with Crippen molar-refractivity contribution in [2.75, 3.05) is 24.2 Å². The lowest BCUT2D eigenvalue weighted by atomic mass is 10.1. The van der Waals surface area contributed by atoms with E-state index in [0.717, 1.165) is 18.2 Å². The molecule has 98 valence electrons. The Morgan fingerprint density at radius 1 is 1.39 bits per heavy atom. The molecule has 0 bridgehead atoms. The Labute approximate surface area is 108 Å². The number of carbonyl (C=O) groups is 1. The lowest BCUT2D eigenvalue weighted by Gasteiger charge is -2.24. The average molecular weight is 247 g/mol. The van der Waals surface area contributed by atoms with E-state index in [9.17, 15) is 4.79 Å². The van der Waals surface area contributed by atoms with Gasteiger partial charge in [-0.05, 0) is 37.0 Å². The van der Waals surface area contributed by atoms with Crippen LogP contribution in [0.5, 0.6) is 0 Å². The van der Waals surface area contributed by atoms with E-state index in [0.29, 0.717) is 11.3 Å². The second kappa shape index (κ2) is 5.29. The van der Waals surface area contributed by atoms with Gasteiger partial charge in [0.15, 0.2) is 0 Å². The molecule has 0 atom stereocenters. The Bertz CT molecular complexity index is 439. The van der Waals surface area contributed by atoms with E-state index >= 15 is 0 Å². The Kier molecular flexibility index (Phi) is 3.75. The van der Waals surface area contributed by atoms with Gasteiger partial charge in [-0.25, -0.2) is 0 Å². The number of nitrogens with two attached hydrogens (primary N) is 2. The van der Waals surface area contributed by atoms with Gasteiger partial charge in [0.25, 0.3) is 0 Å². The van der Waals surface area contributed by atoms with Crippen molar-refractivity contribution in [3.05, 3.63) is 23.8 Å². The van der Waals surface area contributed by atoms with E-state index in [-0.39, 0.29) is 0 Å². The minimum absolute atomic E-state index is 0.438. The molecule has 0 spiro atoms. The molecule has 4 N–H and O–H groups in total. The lowest BCUT2D eigenvalue weighted by molar-refractivity contribution is 0.100. The van der Waals surface area contributed by atoms with E-state index in [1.807, 2.05) is 13.1 Å². The van der Waals surface area contributed by atoms with Gasteiger partial charge in [-0.3, -0.25) is 4.79 Å². The summed E-state index contributed by atoms with van der Waals surface area (Å²) in [7, 11) is 2.05. The maximum atomic E-state index is 11.1. The predicted octanol–water partition coefficient (Wildman–Crippen LogP) is 1.99. The Morgan fingerprint density at radius 2 is 2.06 bits per heavy atom. The van der Waals surface area contributed by atoms with Crippen molar-refractivity contribution in [1.29, 1.82) is 0 Å². The van der Waals surface area contributed by atoms with Crippen LogP contribution in [0.1, 0.15) is 36.0 Å². The molecule has 1 aromatic carbocycles. The summed E-state index contributed by atoms with van der Waals surface area (Å²) in [6.07, 6.45) is 5.30. The third-order valence-electron chi connectivity index (χ3n) is 3.73. The molecule has 1 amide bonds. The van der Waals surface area contributed by atoms with Crippen molar-refractivity contribution in [1.82, 2.24) is 0 Å². The lowest BCUT2D eigenvalue weighted by Crippen LogP contribution is -2.25. The van der Waals surface area contributed by atoms with E-state index in [1.54, 1.807) is 12.1 Å². The second-order valence-corrected chi connectivity index (χ2v) is 5.17. The quantitative estimate of drug-likeness (QED) is 0.799. The molecule has 1 saturated carbocycles. The Balaban J connectivity index is 2.09. The zero-order chi connectivity index (χ0) is 13.1. The number of nitrogens with zero attached hydrogens (tertiary/aromatic N) is 1. The van der Waals surface area contributed by atoms with Gasteiger partial charge in [-0.1, -0.05) is 12.8 Å². The summed E-state index contributed by atoms with van der Waals surface area (Å²) < 4.78 is 0. The number of nitrogen functional groups attached to an aromatic ring is 1. The number of hydrogen-bond donors (Lipinski definition) is 2.